The number of carboxylic acid groups (broad SMARTS) is 1. The van der Waals surface area contributed by atoms with E-state index in [2.05, 4.69) is 21.4 Å². The van der Waals surface area contributed by atoms with Gasteiger partial charge in [-0.3, -0.25) is 9.59 Å². The van der Waals surface area contributed by atoms with Crippen molar-refractivity contribution in [3.63, 3.8) is 0 Å². The van der Waals surface area contributed by atoms with Gasteiger partial charge in [0, 0.05) is 0 Å². The van der Waals surface area contributed by atoms with E-state index in [9.17, 15) is 9.59 Å². The summed E-state index contributed by atoms with van der Waals surface area (Å²) in [5.74, 6) is 1.76. The van der Waals surface area contributed by atoms with Gasteiger partial charge in [0.05, 0.1) is 12.6 Å². The normalized spacial score (nSPS) is 18.3. The number of hydrogen-bond donors (Lipinski definition) is 2. The predicted octanol–water partition coefficient (Wildman–Crippen LogP) is 1.66. The number of ether oxygens (including phenoxy) is 1. The standard InChI is InChI=1S/C17H17N3O4S/c1-3-7-24-13-6-5-11(8-12(13)4-2)10-18-20-17-19-16(23)14(25-17)9-15(21)22/h1,5-6,8,10,14H,4,7,9H2,2H3,(H,21,22)(H,19,20,23). The third-order valence-electron chi connectivity index (χ3n) is 3.27. The van der Waals surface area contributed by atoms with Crippen molar-refractivity contribution >= 4 is 35.0 Å². The van der Waals surface area contributed by atoms with Gasteiger partial charge >= 0.3 is 5.97 Å². The van der Waals surface area contributed by atoms with Crippen LogP contribution in [-0.4, -0.2) is 40.2 Å². The van der Waals surface area contributed by atoms with E-state index in [-0.39, 0.29) is 24.1 Å². The highest BCUT2D eigenvalue weighted by Crippen LogP contribution is 2.23. The fourth-order valence-electron chi connectivity index (χ4n) is 2.11. The number of benzene rings is 1. The monoisotopic (exact) mass is 359 g/mol. The van der Waals surface area contributed by atoms with Gasteiger partial charge in [0.15, 0.2) is 5.17 Å². The molecule has 0 aliphatic carbocycles. The molecule has 8 heteroatoms. The van der Waals surface area contributed by atoms with Gasteiger partial charge in [0.25, 0.3) is 0 Å². The number of nitrogens with one attached hydrogen (secondary N) is 1. The summed E-state index contributed by atoms with van der Waals surface area (Å²) in [6.45, 7) is 2.22. The second-order valence-corrected chi connectivity index (χ2v) is 6.25. The Balaban J connectivity index is 2.03. The number of aryl methyl sites for hydroxylation is 1. The maximum Gasteiger partial charge on any atom is 0.305 e. The molecular formula is C17H17N3O4S. The molecule has 1 fully saturated rings. The number of carboxylic acids is 1. The van der Waals surface area contributed by atoms with Crippen LogP contribution in [0.1, 0.15) is 24.5 Å². The molecule has 0 spiro atoms. The Bertz CT molecular complexity index is 768. The van der Waals surface area contributed by atoms with Gasteiger partial charge < -0.3 is 15.2 Å². The van der Waals surface area contributed by atoms with Gasteiger partial charge in [-0.25, -0.2) is 0 Å². The fourth-order valence-corrected chi connectivity index (χ4v) is 3.02. The van der Waals surface area contributed by atoms with Crippen LogP contribution in [-0.2, 0) is 16.0 Å². The second kappa shape index (κ2) is 8.89. The smallest absolute Gasteiger partial charge is 0.305 e. The van der Waals surface area contributed by atoms with E-state index in [0.717, 1.165) is 35.1 Å². The minimum Gasteiger partial charge on any atom is -0.481 e. The fraction of sp³-hybridized carbons (Fsp3) is 0.294. The summed E-state index contributed by atoms with van der Waals surface area (Å²) in [7, 11) is 0. The number of nitrogens with zero attached hydrogens (tertiary/aromatic N) is 2. The SMILES string of the molecule is C#CCOc1ccc(C=NN=C2NC(=O)C(CC(=O)O)S2)cc1CC. The van der Waals surface area contributed by atoms with Crippen LogP contribution >= 0.6 is 11.8 Å². The summed E-state index contributed by atoms with van der Waals surface area (Å²) in [4.78, 5) is 22.3. The molecule has 1 atom stereocenters. The summed E-state index contributed by atoms with van der Waals surface area (Å²) in [6, 6.07) is 5.56. The molecule has 1 aliphatic heterocycles. The molecule has 1 amide bonds. The molecule has 1 unspecified atom stereocenters. The summed E-state index contributed by atoms with van der Waals surface area (Å²) < 4.78 is 5.47. The van der Waals surface area contributed by atoms with Crippen LogP contribution in [0.2, 0.25) is 0 Å². The van der Waals surface area contributed by atoms with Crippen molar-refractivity contribution in [2.75, 3.05) is 6.61 Å². The minimum atomic E-state index is -1.03. The van der Waals surface area contributed by atoms with Crippen molar-refractivity contribution in [3.8, 4) is 18.1 Å². The predicted molar refractivity (Wildman–Crippen MR) is 97.0 cm³/mol. The van der Waals surface area contributed by atoms with Crippen LogP contribution in [0.4, 0.5) is 0 Å². The van der Waals surface area contributed by atoms with E-state index in [0.29, 0.717) is 0 Å². The highest BCUT2D eigenvalue weighted by atomic mass is 32.2. The van der Waals surface area contributed by atoms with Gasteiger partial charge in [-0.05, 0) is 35.7 Å². The number of amidine groups is 1. The Morgan fingerprint density at radius 2 is 2.36 bits per heavy atom. The first-order valence-electron chi connectivity index (χ1n) is 7.53. The number of hydrogen-bond acceptors (Lipinski definition) is 6. The lowest BCUT2D eigenvalue weighted by atomic mass is 10.1. The Kier molecular flexibility index (Phi) is 6.60. The molecule has 1 heterocycles. The Labute approximate surface area is 149 Å². The van der Waals surface area contributed by atoms with Crippen molar-refractivity contribution in [2.45, 2.75) is 25.0 Å². The van der Waals surface area contributed by atoms with E-state index in [1.807, 2.05) is 25.1 Å². The number of amides is 1. The Morgan fingerprint density at radius 3 is 3.04 bits per heavy atom. The molecule has 0 saturated carbocycles. The zero-order valence-electron chi connectivity index (χ0n) is 13.6. The average Bonchev–Trinajstić information content (AvgIpc) is 2.92. The van der Waals surface area contributed by atoms with Gasteiger partial charge in [-0.2, -0.15) is 5.10 Å². The number of thioether (sulfide) groups is 1. The van der Waals surface area contributed by atoms with Crippen molar-refractivity contribution in [1.29, 1.82) is 0 Å². The lowest BCUT2D eigenvalue weighted by Gasteiger charge is -2.08. The quantitative estimate of drug-likeness (QED) is 0.438. The van der Waals surface area contributed by atoms with E-state index in [1.165, 1.54) is 0 Å². The first-order valence-corrected chi connectivity index (χ1v) is 8.41. The zero-order valence-corrected chi connectivity index (χ0v) is 14.4. The van der Waals surface area contributed by atoms with Crippen molar-refractivity contribution in [3.05, 3.63) is 29.3 Å². The highest BCUT2D eigenvalue weighted by Gasteiger charge is 2.32. The van der Waals surface area contributed by atoms with Crippen molar-refractivity contribution < 1.29 is 19.4 Å². The molecule has 1 aliphatic rings. The lowest BCUT2D eigenvalue weighted by Crippen LogP contribution is -2.26. The number of aliphatic carboxylic acids is 1. The highest BCUT2D eigenvalue weighted by molar-refractivity contribution is 8.15. The molecule has 2 N–H and O–H groups in total. The van der Waals surface area contributed by atoms with Crippen molar-refractivity contribution in [2.24, 2.45) is 10.2 Å². The van der Waals surface area contributed by atoms with Crippen LogP contribution < -0.4 is 10.1 Å². The van der Waals surface area contributed by atoms with Crippen LogP contribution in [0, 0.1) is 12.3 Å². The van der Waals surface area contributed by atoms with E-state index in [1.54, 1.807) is 6.21 Å². The number of carbonyl (C=O) groups excluding carboxylic acids is 1. The van der Waals surface area contributed by atoms with Gasteiger partial charge in [-0.1, -0.05) is 24.6 Å². The topological polar surface area (TPSA) is 100 Å². The van der Waals surface area contributed by atoms with E-state index < -0.39 is 11.2 Å². The average molecular weight is 359 g/mol. The van der Waals surface area contributed by atoms with Crippen molar-refractivity contribution in [1.82, 2.24) is 5.32 Å². The molecule has 0 aromatic heterocycles. The van der Waals surface area contributed by atoms with Gasteiger partial charge in [0.2, 0.25) is 5.91 Å². The van der Waals surface area contributed by atoms with Gasteiger partial charge in [-0.15, -0.1) is 11.5 Å². The molecule has 130 valence electrons. The van der Waals surface area contributed by atoms with Gasteiger partial charge in [0.1, 0.15) is 17.6 Å². The summed E-state index contributed by atoms with van der Waals surface area (Å²) >= 11 is 1.06. The maximum absolute atomic E-state index is 11.6. The molecule has 0 radical (unpaired) electrons. The minimum absolute atomic E-state index is 0.211. The van der Waals surface area contributed by atoms with E-state index >= 15 is 0 Å². The molecule has 7 nitrogen and oxygen atoms in total. The maximum atomic E-state index is 11.6. The largest absolute Gasteiger partial charge is 0.481 e. The third-order valence-corrected chi connectivity index (χ3v) is 4.34. The van der Waals surface area contributed by atoms with E-state index in [4.69, 9.17) is 16.3 Å². The molecule has 1 saturated heterocycles. The van der Waals surface area contributed by atoms with Crippen LogP contribution in [0.5, 0.6) is 5.75 Å². The molecule has 0 bridgehead atoms. The molecule has 2 rings (SSSR count). The number of carbonyl (C=O) groups is 2. The molecule has 25 heavy (non-hydrogen) atoms. The zero-order chi connectivity index (χ0) is 18.2. The van der Waals surface area contributed by atoms with Crippen LogP contribution in [0.15, 0.2) is 28.4 Å². The summed E-state index contributed by atoms with van der Waals surface area (Å²) in [6.07, 6.45) is 7.27. The first kappa shape index (κ1) is 18.5. The summed E-state index contributed by atoms with van der Waals surface area (Å²) in [5.41, 5.74) is 1.82. The Hall–Kier alpha value is -2.79. The second-order valence-electron chi connectivity index (χ2n) is 5.06. The lowest BCUT2D eigenvalue weighted by molar-refractivity contribution is -0.138. The number of terminal acetylenes is 1. The molecule has 1 aromatic carbocycles. The van der Waals surface area contributed by atoms with Crippen LogP contribution in [0.3, 0.4) is 0 Å². The Morgan fingerprint density at radius 1 is 1.56 bits per heavy atom. The molecule has 1 aromatic rings. The number of rotatable bonds is 7. The third kappa shape index (κ3) is 5.36. The summed E-state index contributed by atoms with van der Waals surface area (Å²) in [5, 5.41) is 18.7. The van der Waals surface area contributed by atoms with Crippen LogP contribution in [0.25, 0.3) is 0 Å². The molecular weight excluding hydrogens is 342 g/mol. The first-order chi connectivity index (χ1) is 12.0.